The Kier molecular flexibility index (Phi) is 5.02. The van der Waals surface area contributed by atoms with Crippen LogP contribution in [0.3, 0.4) is 0 Å². The maximum Gasteiger partial charge on any atom is 0.284 e. The van der Waals surface area contributed by atoms with E-state index in [1.807, 2.05) is 26.0 Å². The lowest BCUT2D eigenvalue weighted by atomic mass is 10.1. The van der Waals surface area contributed by atoms with Crippen LogP contribution in [0.15, 0.2) is 24.3 Å². The second kappa shape index (κ2) is 6.76. The number of ether oxygens (including phenoxy) is 1. The van der Waals surface area contributed by atoms with Crippen molar-refractivity contribution in [3.8, 4) is 5.75 Å². The number of benzene rings is 1. The van der Waals surface area contributed by atoms with E-state index < -0.39 is 0 Å². The number of nitrogens with zero attached hydrogens (tertiary/aromatic N) is 2. The molecule has 0 aliphatic rings. The average molecular weight is 307 g/mol. The molecule has 4 nitrogen and oxygen atoms in total. The molecule has 0 aliphatic carbocycles. The molecule has 5 heteroatoms. The summed E-state index contributed by atoms with van der Waals surface area (Å²) in [6.07, 6.45) is 1.95. The van der Waals surface area contributed by atoms with E-state index in [9.17, 15) is 4.79 Å². The topological polar surface area (TPSA) is 44.1 Å². The maximum atomic E-state index is 12.3. The van der Waals surface area contributed by atoms with E-state index >= 15 is 0 Å². The second-order valence-electron chi connectivity index (χ2n) is 4.92. The molecule has 0 aliphatic heterocycles. The monoisotopic (exact) mass is 306 g/mol. The highest BCUT2D eigenvalue weighted by atomic mass is 35.5. The van der Waals surface area contributed by atoms with Crippen LogP contribution in [0, 0.1) is 13.8 Å². The molecule has 112 valence electrons. The molecule has 1 aromatic carbocycles. The first-order valence-electron chi connectivity index (χ1n) is 7.00. The highest BCUT2D eigenvalue weighted by Crippen LogP contribution is 2.23. The van der Waals surface area contributed by atoms with E-state index in [0.717, 1.165) is 29.8 Å². The van der Waals surface area contributed by atoms with Crippen molar-refractivity contribution in [1.82, 2.24) is 9.78 Å². The number of carbonyl (C=O) groups excluding carboxylic acids is 1. The third-order valence-electron chi connectivity index (χ3n) is 3.37. The summed E-state index contributed by atoms with van der Waals surface area (Å²) >= 11 is 6.00. The lowest BCUT2D eigenvalue weighted by molar-refractivity contribution is 0.0818. The zero-order valence-electron chi connectivity index (χ0n) is 12.5. The highest BCUT2D eigenvalue weighted by Gasteiger charge is 2.16. The molecular formula is C16H19ClN2O2. The fourth-order valence-corrected chi connectivity index (χ4v) is 2.48. The molecule has 1 aromatic heterocycles. The van der Waals surface area contributed by atoms with Gasteiger partial charge in [0.15, 0.2) is 6.61 Å². The number of para-hydroxylation sites is 1. The molecule has 0 saturated carbocycles. The van der Waals surface area contributed by atoms with Gasteiger partial charge in [-0.25, -0.2) is 4.68 Å². The van der Waals surface area contributed by atoms with Crippen molar-refractivity contribution >= 4 is 17.5 Å². The van der Waals surface area contributed by atoms with Crippen molar-refractivity contribution in [2.45, 2.75) is 33.6 Å². The summed E-state index contributed by atoms with van der Waals surface area (Å²) in [6, 6.07) is 7.09. The lowest BCUT2D eigenvalue weighted by Crippen LogP contribution is -2.21. The van der Waals surface area contributed by atoms with Crippen LogP contribution in [-0.2, 0) is 6.42 Å². The minimum Gasteiger partial charge on any atom is -0.482 e. The Morgan fingerprint density at radius 3 is 2.71 bits per heavy atom. The molecule has 0 spiro atoms. The predicted octanol–water partition coefficient (Wildman–Crippen LogP) is 3.83. The molecule has 1 heterocycles. The van der Waals surface area contributed by atoms with Gasteiger partial charge in [-0.3, -0.25) is 4.79 Å². The summed E-state index contributed by atoms with van der Waals surface area (Å²) in [5.41, 5.74) is 2.94. The number of aryl methyl sites for hydroxylation is 1. The Morgan fingerprint density at radius 1 is 1.33 bits per heavy atom. The molecular weight excluding hydrogens is 288 g/mol. The highest BCUT2D eigenvalue weighted by molar-refractivity contribution is 6.32. The summed E-state index contributed by atoms with van der Waals surface area (Å²) in [7, 11) is 0. The zero-order valence-corrected chi connectivity index (χ0v) is 13.3. The van der Waals surface area contributed by atoms with Gasteiger partial charge < -0.3 is 4.74 Å². The number of carbonyl (C=O) groups is 1. The van der Waals surface area contributed by atoms with Crippen molar-refractivity contribution in [1.29, 1.82) is 0 Å². The lowest BCUT2D eigenvalue weighted by Gasteiger charge is -2.08. The van der Waals surface area contributed by atoms with Crippen LogP contribution in [-0.4, -0.2) is 22.3 Å². The van der Waals surface area contributed by atoms with Crippen LogP contribution in [0.1, 0.15) is 35.1 Å². The van der Waals surface area contributed by atoms with Gasteiger partial charge in [0, 0.05) is 5.69 Å². The number of halogens is 1. The van der Waals surface area contributed by atoms with Gasteiger partial charge in [-0.1, -0.05) is 37.1 Å². The first kappa shape index (κ1) is 15.6. The SMILES string of the molecule is CCCc1c(C)nn(C(=O)COc2ccccc2Cl)c1C. The first-order valence-corrected chi connectivity index (χ1v) is 7.38. The Labute approximate surface area is 129 Å². The molecule has 2 aromatic rings. The van der Waals surface area contributed by atoms with E-state index in [1.54, 1.807) is 12.1 Å². The van der Waals surface area contributed by atoms with Crippen LogP contribution in [0.5, 0.6) is 5.75 Å². The van der Waals surface area contributed by atoms with Crippen molar-refractivity contribution in [3.05, 3.63) is 46.2 Å². The van der Waals surface area contributed by atoms with Crippen molar-refractivity contribution in [3.63, 3.8) is 0 Å². The van der Waals surface area contributed by atoms with Crippen LogP contribution < -0.4 is 4.74 Å². The van der Waals surface area contributed by atoms with Gasteiger partial charge in [-0.15, -0.1) is 0 Å². The summed E-state index contributed by atoms with van der Waals surface area (Å²) in [4.78, 5) is 12.3. The standard InChI is InChI=1S/C16H19ClN2O2/c1-4-7-13-11(2)18-19(12(13)3)16(20)10-21-15-9-6-5-8-14(15)17/h5-6,8-9H,4,7,10H2,1-3H3. The molecule has 0 fully saturated rings. The van der Waals surface area contributed by atoms with E-state index in [2.05, 4.69) is 12.0 Å². The van der Waals surface area contributed by atoms with E-state index in [0.29, 0.717) is 10.8 Å². The van der Waals surface area contributed by atoms with Crippen LogP contribution >= 0.6 is 11.6 Å². The summed E-state index contributed by atoms with van der Waals surface area (Å²) in [5.74, 6) is 0.306. The van der Waals surface area contributed by atoms with Crippen molar-refractivity contribution < 1.29 is 9.53 Å². The number of aromatic nitrogens is 2. The Balaban J connectivity index is 2.11. The first-order chi connectivity index (χ1) is 10.0. The fraction of sp³-hybridized carbons (Fsp3) is 0.375. The third-order valence-corrected chi connectivity index (χ3v) is 3.68. The minimum absolute atomic E-state index is 0.0861. The summed E-state index contributed by atoms with van der Waals surface area (Å²) in [6.45, 7) is 5.87. The van der Waals surface area contributed by atoms with E-state index in [-0.39, 0.29) is 12.5 Å². The van der Waals surface area contributed by atoms with Crippen molar-refractivity contribution in [2.75, 3.05) is 6.61 Å². The molecule has 2 rings (SSSR count). The largest absolute Gasteiger partial charge is 0.482 e. The molecule has 0 radical (unpaired) electrons. The summed E-state index contributed by atoms with van der Waals surface area (Å²) in [5, 5.41) is 4.81. The zero-order chi connectivity index (χ0) is 15.4. The minimum atomic E-state index is -0.196. The van der Waals surface area contributed by atoms with Gasteiger partial charge in [-0.05, 0) is 38.0 Å². The maximum absolute atomic E-state index is 12.3. The number of hydrogen-bond acceptors (Lipinski definition) is 3. The quantitative estimate of drug-likeness (QED) is 0.843. The molecule has 0 saturated heterocycles. The molecule has 0 atom stereocenters. The Hall–Kier alpha value is -1.81. The summed E-state index contributed by atoms with van der Waals surface area (Å²) < 4.78 is 6.90. The number of rotatable bonds is 5. The average Bonchev–Trinajstić information content (AvgIpc) is 2.75. The van der Waals surface area contributed by atoms with Gasteiger partial charge in [-0.2, -0.15) is 5.10 Å². The van der Waals surface area contributed by atoms with Gasteiger partial charge in [0.05, 0.1) is 10.7 Å². The molecule has 21 heavy (non-hydrogen) atoms. The van der Waals surface area contributed by atoms with Gasteiger partial charge in [0.25, 0.3) is 5.91 Å². The van der Waals surface area contributed by atoms with Crippen LogP contribution in [0.25, 0.3) is 0 Å². The molecule has 0 unspecified atom stereocenters. The predicted molar refractivity (Wildman–Crippen MR) is 83.3 cm³/mol. The normalized spacial score (nSPS) is 10.7. The van der Waals surface area contributed by atoms with E-state index in [1.165, 1.54) is 4.68 Å². The van der Waals surface area contributed by atoms with Crippen LogP contribution in [0.4, 0.5) is 0 Å². The Bertz CT molecular complexity index is 650. The molecule has 0 bridgehead atoms. The van der Waals surface area contributed by atoms with Crippen LogP contribution in [0.2, 0.25) is 5.02 Å². The van der Waals surface area contributed by atoms with Gasteiger partial charge in [0.2, 0.25) is 0 Å². The van der Waals surface area contributed by atoms with Gasteiger partial charge in [0.1, 0.15) is 5.75 Å². The van der Waals surface area contributed by atoms with Gasteiger partial charge >= 0.3 is 0 Å². The fourth-order valence-electron chi connectivity index (χ4n) is 2.29. The molecule has 0 amide bonds. The Morgan fingerprint density at radius 2 is 2.05 bits per heavy atom. The third kappa shape index (κ3) is 3.45. The second-order valence-corrected chi connectivity index (χ2v) is 5.33. The number of hydrogen-bond donors (Lipinski definition) is 0. The van der Waals surface area contributed by atoms with E-state index in [4.69, 9.17) is 16.3 Å². The van der Waals surface area contributed by atoms with Crippen molar-refractivity contribution in [2.24, 2.45) is 0 Å². The smallest absolute Gasteiger partial charge is 0.284 e. The molecule has 0 N–H and O–H groups in total.